The van der Waals surface area contributed by atoms with Crippen LogP contribution >= 0.6 is 22.9 Å². The van der Waals surface area contributed by atoms with Gasteiger partial charge in [0.15, 0.2) is 0 Å². The van der Waals surface area contributed by atoms with Crippen LogP contribution in [-0.2, 0) is 0 Å². The summed E-state index contributed by atoms with van der Waals surface area (Å²) in [5.74, 6) is 0. The van der Waals surface area contributed by atoms with E-state index in [-0.39, 0.29) is 5.68 Å². The highest BCUT2D eigenvalue weighted by Crippen LogP contribution is 2.13. The Labute approximate surface area is 66.2 Å². The molecule has 0 unspecified atom stereocenters. The number of hydrogen-bond acceptors (Lipinski definition) is 1. The Morgan fingerprint density at radius 3 is 1.89 bits per heavy atom. The second-order valence-corrected chi connectivity index (χ2v) is 3.42. The highest BCUT2D eigenvalue weighted by Gasteiger charge is 2.19. The standard InChI is InChI=1S/C5H10BCl2N/c7-6(8)9-4-2-1-3-5-9/h1-5H2. The van der Waals surface area contributed by atoms with E-state index >= 15 is 0 Å². The van der Waals surface area contributed by atoms with Crippen LogP contribution in [0.25, 0.3) is 0 Å². The van der Waals surface area contributed by atoms with Gasteiger partial charge in [-0.1, -0.05) is 6.42 Å². The van der Waals surface area contributed by atoms with Crippen molar-refractivity contribution in [2.75, 3.05) is 13.1 Å². The number of halogens is 2. The molecule has 0 amide bonds. The second-order valence-electron chi connectivity index (χ2n) is 2.37. The first-order valence-corrected chi connectivity index (χ1v) is 4.20. The maximum atomic E-state index is 5.65. The molecule has 1 aliphatic rings. The van der Waals surface area contributed by atoms with Crippen molar-refractivity contribution >= 4 is 28.6 Å². The lowest BCUT2D eigenvalue weighted by Crippen LogP contribution is -2.35. The van der Waals surface area contributed by atoms with E-state index in [0.717, 1.165) is 13.1 Å². The third-order valence-electron chi connectivity index (χ3n) is 1.67. The lowest BCUT2D eigenvalue weighted by Gasteiger charge is -2.25. The van der Waals surface area contributed by atoms with Gasteiger partial charge in [-0.25, -0.2) is 0 Å². The van der Waals surface area contributed by atoms with Crippen LogP contribution in [0.5, 0.6) is 0 Å². The molecule has 1 nitrogen and oxygen atoms in total. The zero-order chi connectivity index (χ0) is 6.69. The molecule has 0 aromatic heterocycles. The Hall–Kier alpha value is 0.605. The summed E-state index contributed by atoms with van der Waals surface area (Å²) >= 11 is 11.3. The molecule has 0 N–H and O–H groups in total. The number of rotatable bonds is 1. The van der Waals surface area contributed by atoms with Gasteiger partial charge in [-0.15, -0.1) is 22.9 Å². The Balaban J connectivity index is 2.23. The Bertz CT molecular complexity index is 83.0. The minimum Gasteiger partial charge on any atom is -0.315 e. The van der Waals surface area contributed by atoms with Gasteiger partial charge in [-0.05, 0) is 25.9 Å². The van der Waals surface area contributed by atoms with Gasteiger partial charge < -0.3 is 4.81 Å². The molecule has 1 heterocycles. The SMILES string of the molecule is ClB(Cl)N1CCCCC1. The summed E-state index contributed by atoms with van der Waals surface area (Å²) < 4.78 is 0. The molecule has 1 saturated heterocycles. The van der Waals surface area contributed by atoms with Crippen LogP contribution in [0.3, 0.4) is 0 Å². The fraction of sp³-hybridized carbons (Fsp3) is 1.00. The maximum absolute atomic E-state index is 5.65. The van der Waals surface area contributed by atoms with Crippen molar-refractivity contribution in [3.05, 3.63) is 0 Å². The highest BCUT2D eigenvalue weighted by molar-refractivity contribution is 7.32. The Kier molecular flexibility index (Phi) is 3.17. The molecule has 1 fully saturated rings. The van der Waals surface area contributed by atoms with Crippen LogP contribution in [0, 0.1) is 0 Å². The first kappa shape index (κ1) is 7.71. The molecule has 1 rings (SSSR count). The van der Waals surface area contributed by atoms with E-state index in [4.69, 9.17) is 22.9 Å². The second kappa shape index (κ2) is 3.70. The normalized spacial score (nSPS) is 22.0. The minimum absolute atomic E-state index is 0.287. The molecular formula is C5H10BCl2N. The summed E-state index contributed by atoms with van der Waals surface area (Å²) in [7, 11) is 0. The number of nitrogens with zero attached hydrogens (tertiary/aromatic N) is 1. The van der Waals surface area contributed by atoms with Crippen LogP contribution in [0.2, 0.25) is 0 Å². The first-order valence-electron chi connectivity index (χ1n) is 3.33. The van der Waals surface area contributed by atoms with Crippen molar-refractivity contribution in [1.82, 2.24) is 4.81 Å². The van der Waals surface area contributed by atoms with Crippen LogP contribution in [0.15, 0.2) is 0 Å². The van der Waals surface area contributed by atoms with E-state index in [9.17, 15) is 0 Å². The maximum Gasteiger partial charge on any atom is 0.434 e. The Morgan fingerprint density at radius 1 is 1.00 bits per heavy atom. The lowest BCUT2D eigenvalue weighted by atomic mass is 10.1. The summed E-state index contributed by atoms with van der Waals surface area (Å²) in [5, 5.41) is 0. The quantitative estimate of drug-likeness (QED) is 0.537. The van der Waals surface area contributed by atoms with E-state index in [1.165, 1.54) is 19.3 Å². The van der Waals surface area contributed by atoms with Crippen molar-refractivity contribution < 1.29 is 0 Å². The summed E-state index contributed by atoms with van der Waals surface area (Å²) in [6.45, 7) is 2.13. The Morgan fingerprint density at radius 2 is 1.56 bits per heavy atom. The number of hydrogen-bond donors (Lipinski definition) is 0. The summed E-state index contributed by atoms with van der Waals surface area (Å²) in [4.78, 5) is 2.09. The van der Waals surface area contributed by atoms with Gasteiger partial charge in [0.2, 0.25) is 0 Å². The monoisotopic (exact) mass is 165 g/mol. The van der Waals surface area contributed by atoms with Crippen molar-refractivity contribution in [3.8, 4) is 0 Å². The summed E-state index contributed by atoms with van der Waals surface area (Å²) in [6.07, 6.45) is 3.82. The molecule has 9 heavy (non-hydrogen) atoms. The number of piperidine rings is 1. The molecule has 0 aromatic rings. The molecule has 0 atom stereocenters. The van der Waals surface area contributed by atoms with Gasteiger partial charge in [0.1, 0.15) is 0 Å². The molecular weight excluding hydrogens is 156 g/mol. The molecule has 0 saturated carbocycles. The van der Waals surface area contributed by atoms with E-state index in [0.29, 0.717) is 0 Å². The van der Waals surface area contributed by atoms with Crippen LogP contribution in [-0.4, -0.2) is 23.6 Å². The third kappa shape index (κ3) is 2.36. The van der Waals surface area contributed by atoms with Crippen molar-refractivity contribution in [1.29, 1.82) is 0 Å². The molecule has 0 radical (unpaired) electrons. The van der Waals surface area contributed by atoms with Gasteiger partial charge in [-0.2, -0.15) is 0 Å². The predicted molar refractivity (Wildman–Crippen MR) is 42.9 cm³/mol. The molecule has 1 aliphatic heterocycles. The van der Waals surface area contributed by atoms with Gasteiger partial charge in [0.25, 0.3) is 0 Å². The zero-order valence-electron chi connectivity index (χ0n) is 5.32. The van der Waals surface area contributed by atoms with Gasteiger partial charge in [-0.3, -0.25) is 0 Å². The first-order chi connectivity index (χ1) is 4.30. The van der Waals surface area contributed by atoms with Crippen molar-refractivity contribution in [3.63, 3.8) is 0 Å². The van der Waals surface area contributed by atoms with Crippen molar-refractivity contribution in [2.24, 2.45) is 0 Å². The van der Waals surface area contributed by atoms with Crippen LogP contribution < -0.4 is 0 Å². The van der Waals surface area contributed by atoms with E-state index < -0.39 is 0 Å². The summed E-state index contributed by atoms with van der Waals surface area (Å²) in [6, 6.07) is 0. The lowest BCUT2D eigenvalue weighted by molar-refractivity contribution is 0.362. The molecule has 0 aromatic carbocycles. The largest absolute Gasteiger partial charge is 0.434 e. The molecule has 4 heteroatoms. The molecule has 0 aliphatic carbocycles. The summed E-state index contributed by atoms with van der Waals surface area (Å²) in [5.41, 5.74) is -0.287. The topological polar surface area (TPSA) is 3.24 Å². The smallest absolute Gasteiger partial charge is 0.315 e. The van der Waals surface area contributed by atoms with Gasteiger partial charge >= 0.3 is 5.68 Å². The highest BCUT2D eigenvalue weighted by atomic mass is 35.5. The predicted octanol–water partition coefficient (Wildman–Crippen LogP) is 1.93. The molecule has 0 bridgehead atoms. The fourth-order valence-corrected chi connectivity index (χ4v) is 1.50. The van der Waals surface area contributed by atoms with E-state index in [1.807, 2.05) is 0 Å². The van der Waals surface area contributed by atoms with Crippen LogP contribution in [0.4, 0.5) is 0 Å². The average molecular weight is 166 g/mol. The van der Waals surface area contributed by atoms with Gasteiger partial charge in [0, 0.05) is 0 Å². The fourth-order valence-electron chi connectivity index (χ4n) is 1.11. The van der Waals surface area contributed by atoms with E-state index in [1.54, 1.807) is 0 Å². The third-order valence-corrected chi connectivity index (χ3v) is 2.22. The molecule has 52 valence electrons. The van der Waals surface area contributed by atoms with E-state index in [2.05, 4.69) is 4.81 Å². The van der Waals surface area contributed by atoms with Crippen LogP contribution in [0.1, 0.15) is 19.3 Å². The van der Waals surface area contributed by atoms with Crippen molar-refractivity contribution in [2.45, 2.75) is 19.3 Å². The minimum atomic E-state index is -0.287. The molecule has 0 spiro atoms. The van der Waals surface area contributed by atoms with Gasteiger partial charge in [0.05, 0.1) is 0 Å². The zero-order valence-corrected chi connectivity index (χ0v) is 6.83. The average Bonchev–Trinajstić information content (AvgIpc) is 1.90.